The number of nitrogens with one attached hydrogen (secondary N) is 1. The summed E-state index contributed by atoms with van der Waals surface area (Å²) in [6.07, 6.45) is 0.519. The molecule has 0 spiro atoms. The number of hydrogen-bond acceptors (Lipinski definition) is 6. The van der Waals surface area contributed by atoms with Crippen molar-refractivity contribution in [2.24, 2.45) is 0 Å². The van der Waals surface area contributed by atoms with E-state index >= 15 is 0 Å². The third kappa shape index (κ3) is 4.35. The van der Waals surface area contributed by atoms with Gasteiger partial charge in [-0.1, -0.05) is 36.4 Å². The summed E-state index contributed by atoms with van der Waals surface area (Å²) in [4.78, 5) is 31.1. The van der Waals surface area contributed by atoms with Crippen molar-refractivity contribution in [1.82, 2.24) is 20.0 Å². The summed E-state index contributed by atoms with van der Waals surface area (Å²) in [7, 11) is 0. The normalized spacial score (nSPS) is 21.5. The predicted octanol–water partition coefficient (Wildman–Crippen LogP) is 1.65. The van der Waals surface area contributed by atoms with Gasteiger partial charge in [-0.15, -0.1) is 0 Å². The summed E-state index contributed by atoms with van der Waals surface area (Å²) in [6.45, 7) is 4.85. The summed E-state index contributed by atoms with van der Waals surface area (Å²) >= 11 is 0. The first kappa shape index (κ1) is 19.8. The zero-order chi connectivity index (χ0) is 21.2. The monoisotopic (exact) mass is 422 g/mol. The van der Waals surface area contributed by atoms with E-state index in [1.807, 2.05) is 42.5 Å². The quantitative estimate of drug-likeness (QED) is 0.714. The number of nitrogens with zero attached hydrogens (tertiary/aromatic N) is 3. The van der Waals surface area contributed by atoms with E-state index in [9.17, 15) is 9.59 Å². The third-order valence-corrected chi connectivity index (χ3v) is 6.04. The molecule has 0 aliphatic carbocycles. The van der Waals surface area contributed by atoms with E-state index in [1.54, 1.807) is 0 Å². The lowest BCUT2D eigenvalue weighted by atomic mass is 10.1. The zero-order valence-corrected chi connectivity index (χ0v) is 17.3. The summed E-state index contributed by atoms with van der Waals surface area (Å²) in [5.41, 5.74) is 2.23. The van der Waals surface area contributed by atoms with Crippen LogP contribution in [0.4, 0.5) is 4.79 Å². The number of imide groups is 1. The number of ether oxygens (including phenoxy) is 2. The molecule has 162 valence electrons. The van der Waals surface area contributed by atoms with Gasteiger partial charge in [-0.25, -0.2) is 9.69 Å². The van der Waals surface area contributed by atoms with E-state index in [1.165, 1.54) is 10.5 Å². The lowest BCUT2D eigenvalue weighted by Crippen LogP contribution is -2.51. The highest BCUT2D eigenvalue weighted by molar-refractivity contribution is 6.04. The van der Waals surface area contributed by atoms with Crippen LogP contribution in [0.1, 0.15) is 11.1 Å². The fourth-order valence-corrected chi connectivity index (χ4v) is 4.29. The Bertz CT molecular complexity index is 959. The van der Waals surface area contributed by atoms with Gasteiger partial charge in [0.05, 0.1) is 6.67 Å². The van der Waals surface area contributed by atoms with E-state index in [2.05, 4.69) is 21.2 Å². The average molecular weight is 422 g/mol. The predicted molar refractivity (Wildman–Crippen MR) is 114 cm³/mol. The van der Waals surface area contributed by atoms with Gasteiger partial charge in [-0.2, -0.15) is 0 Å². The maximum atomic E-state index is 12.8. The Hall–Kier alpha value is -3.10. The van der Waals surface area contributed by atoms with Crippen LogP contribution in [0, 0.1) is 0 Å². The number of hydrogen-bond donors (Lipinski definition) is 1. The molecule has 3 heterocycles. The first-order chi connectivity index (χ1) is 15.2. The topological polar surface area (TPSA) is 74.4 Å². The maximum Gasteiger partial charge on any atom is 0.325 e. The Morgan fingerprint density at radius 1 is 0.871 bits per heavy atom. The molecule has 31 heavy (non-hydrogen) atoms. The molecule has 3 amide bonds. The van der Waals surface area contributed by atoms with Gasteiger partial charge in [0.1, 0.15) is 6.04 Å². The highest BCUT2D eigenvalue weighted by Crippen LogP contribution is 2.32. The van der Waals surface area contributed by atoms with Crippen molar-refractivity contribution in [2.45, 2.75) is 19.0 Å². The fraction of sp³-hybridized carbons (Fsp3) is 0.391. The summed E-state index contributed by atoms with van der Waals surface area (Å²) in [5.74, 6) is 1.46. The van der Waals surface area contributed by atoms with E-state index in [0.29, 0.717) is 13.1 Å². The Balaban J connectivity index is 1.12. The minimum absolute atomic E-state index is 0.142. The van der Waals surface area contributed by atoms with Crippen LogP contribution in [0.5, 0.6) is 11.5 Å². The molecule has 0 unspecified atom stereocenters. The second kappa shape index (κ2) is 8.56. The number of benzene rings is 2. The fourth-order valence-electron chi connectivity index (χ4n) is 4.29. The van der Waals surface area contributed by atoms with Crippen molar-refractivity contribution in [3.8, 4) is 11.5 Å². The number of amides is 3. The number of rotatable bonds is 6. The van der Waals surface area contributed by atoms with Gasteiger partial charge in [-0.05, 0) is 23.3 Å². The standard InChI is InChI=1S/C23H26N4O4/c28-22-19(12-17-4-2-1-3-5-17)24-23(29)27(22)15-26-10-8-25(9-11-26)14-18-6-7-20-21(13-18)31-16-30-20/h1-7,13,19H,8-12,14-16H2,(H,24,29)/t19-/m1/s1. The van der Waals surface area contributed by atoms with Crippen LogP contribution in [0.3, 0.4) is 0 Å². The minimum atomic E-state index is -0.484. The molecule has 0 aromatic heterocycles. The van der Waals surface area contributed by atoms with Crippen LogP contribution in [0.25, 0.3) is 0 Å². The zero-order valence-electron chi connectivity index (χ0n) is 17.3. The van der Waals surface area contributed by atoms with Crippen LogP contribution in [0.15, 0.2) is 48.5 Å². The molecule has 1 atom stereocenters. The maximum absolute atomic E-state index is 12.8. The van der Waals surface area contributed by atoms with Gasteiger partial charge in [0, 0.05) is 39.1 Å². The molecule has 5 rings (SSSR count). The van der Waals surface area contributed by atoms with Crippen molar-refractivity contribution in [3.05, 3.63) is 59.7 Å². The number of fused-ring (bicyclic) bond motifs is 1. The lowest BCUT2D eigenvalue weighted by molar-refractivity contribution is -0.129. The van der Waals surface area contributed by atoms with Crippen molar-refractivity contribution in [2.75, 3.05) is 39.6 Å². The van der Waals surface area contributed by atoms with E-state index < -0.39 is 6.04 Å². The van der Waals surface area contributed by atoms with Crippen LogP contribution in [-0.2, 0) is 17.8 Å². The van der Waals surface area contributed by atoms with Gasteiger partial charge < -0.3 is 14.8 Å². The molecule has 1 N–H and O–H groups in total. The van der Waals surface area contributed by atoms with Gasteiger partial charge >= 0.3 is 6.03 Å². The second-order valence-corrected chi connectivity index (χ2v) is 8.18. The number of urea groups is 1. The molecule has 8 heteroatoms. The number of carbonyl (C=O) groups excluding carboxylic acids is 2. The molecule has 2 aromatic carbocycles. The van der Waals surface area contributed by atoms with Crippen molar-refractivity contribution in [1.29, 1.82) is 0 Å². The van der Waals surface area contributed by atoms with E-state index in [-0.39, 0.29) is 18.7 Å². The van der Waals surface area contributed by atoms with Gasteiger partial charge in [0.2, 0.25) is 6.79 Å². The summed E-state index contributed by atoms with van der Waals surface area (Å²) < 4.78 is 10.8. The molecule has 2 aromatic rings. The minimum Gasteiger partial charge on any atom is -0.454 e. The Kier molecular flexibility index (Phi) is 5.48. The van der Waals surface area contributed by atoms with Crippen LogP contribution in [0.2, 0.25) is 0 Å². The molecular weight excluding hydrogens is 396 g/mol. The largest absolute Gasteiger partial charge is 0.454 e. The van der Waals surface area contributed by atoms with Crippen LogP contribution in [-0.4, -0.2) is 72.3 Å². The molecule has 2 saturated heterocycles. The molecule has 0 radical (unpaired) electrons. The Morgan fingerprint density at radius 2 is 1.61 bits per heavy atom. The third-order valence-electron chi connectivity index (χ3n) is 6.04. The first-order valence-electron chi connectivity index (χ1n) is 10.6. The number of carbonyl (C=O) groups is 2. The Morgan fingerprint density at radius 3 is 2.42 bits per heavy atom. The second-order valence-electron chi connectivity index (χ2n) is 8.18. The molecule has 0 bridgehead atoms. The van der Waals surface area contributed by atoms with E-state index in [0.717, 1.165) is 49.8 Å². The highest BCUT2D eigenvalue weighted by atomic mass is 16.7. The summed E-state index contributed by atoms with van der Waals surface area (Å²) in [5, 5.41) is 2.83. The molecular formula is C23H26N4O4. The van der Waals surface area contributed by atoms with Crippen molar-refractivity contribution in [3.63, 3.8) is 0 Å². The first-order valence-corrected chi connectivity index (χ1v) is 10.6. The van der Waals surface area contributed by atoms with E-state index in [4.69, 9.17) is 9.47 Å². The average Bonchev–Trinajstić information content (AvgIpc) is 3.35. The lowest BCUT2D eigenvalue weighted by Gasteiger charge is -2.36. The van der Waals surface area contributed by atoms with Gasteiger partial charge in [0.15, 0.2) is 11.5 Å². The van der Waals surface area contributed by atoms with Crippen LogP contribution < -0.4 is 14.8 Å². The molecule has 3 aliphatic heterocycles. The smallest absolute Gasteiger partial charge is 0.325 e. The molecule has 8 nitrogen and oxygen atoms in total. The van der Waals surface area contributed by atoms with Crippen LogP contribution >= 0.6 is 0 Å². The molecule has 3 aliphatic rings. The van der Waals surface area contributed by atoms with Crippen molar-refractivity contribution < 1.29 is 19.1 Å². The van der Waals surface area contributed by atoms with Gasteiger partial charge in [0.25, 0.3) is 5.91 Å². The SMILES string of the molecule is O=C1N[C@H](Cc2ccccc2)C(=O)N1CN1CCN(Cc2ccc3c(c2)OCO3)CC1. The highest BCUT2D eigenvalue weighted by Gasteiger charge is 2.39. The molecule has 2 fully saturated rings. The van der Waals surface area contributed by atoms with Gasteiger partial charge in [-0.3, -0.25) is 14.6 Å². The number of piperazine rings is 1. The molecule has 0 saturated carbocycles. The Labute approximate surface area is 181 Å². The van der Waals surface area contributed by atoms with Crippen molar-refractivity contribution >= 4 is 11.9 Å². The summed E-state index contributed by atoms with van der Waals surface area (Å²) in [6, 6.07) is 15.1.